The molecule has 0 spiro atoms. The van der Waals surface area contributed by atoms with Crippen molar-refractivity contribution in [2.75, 3.05) is 33.9 Å². The Morgan fingerprint density at radius 2 is 1.51 bits per heavy atom. The van der Waals surface area contributed by atoms with Gasteiger partial charge in [-0.1, -0.05) is 52.7 Å². The summed E-state index contributed by atoms with van der Waals surface area (Å²) in [5.41, 5.74) is 4.86. The Kier molecular flexibility index (Phi) is 12.8. The Bertz CT molecular complexity index is 2770. The Labute approximate surface area is 417 Å². The SMILES string of the molecule is COC(=O)N[C@H](C(=O)N1CCC[C@H]1C1NCC(c2cc(F)c3c(c2)OC(c2cnc(C4CCCC4)s2)n2c-3cc3cc(C4CNC([C@@H]5C[C@H]6C=C6N5C(=O)[C@H](NC(=O)OC)C(C)C)N4)ccc32)N1)C(C)C. The number of carbonyl (C=O) groups excluding carboxylic acids is 4. The number of hydrogen-bond acceptors (Lipinski definition) is 13. The zero-order chi connectivity index (χ0) is 49.4. The molecule has 19 heteroatoms. The predicted octanol–water partition coefficient (Wildman–Crippen LogP) is 6.49. The molecule has 2 aromatic carbocycles. The van der Waals surface area contributed by atoms with Crippen LogP contribution in [-0.4, -0.2) is 114 Å². The number of nitrogens with one attached hydrogen (secondary N) is 6. The lowest BCUT2D eigenvalue weighted by molar-refractivity contribution is -0.136. The van der Waals surface area contributed by atoms with E-state index in [0.29, 0.717) is 36.9 Å². The maximum Gasteiger partial charge on any atom is 0.407 e. The van der Waals surface area contributed by atoms with Crippen molar-refractivity contribution in [2.45, 2.75) is 133 Å². The van der Waals surface area contributed by atoms with E-state index in [9.17, 15) is 19.2 Å². The van der Waals surface area contributed by atoms with Gasteiger partial charge in [-0.3, -0.25) is 35.4 Å². The van der Waals surface area contributed by atoms with Crippen molar-refractivity contribution in [3.63, 3.8) is 0 Å². The predicted molar refractivity (Wildman–Crippen MR) is 265 cm³/mol. The molecule has 2 aliphatic carbocycles. The maximum absolute atomic E-state index is 17.1. The monoisotopic (exact) mass is 992 g/mol. The number of alkyl carbamates (subject to hydrolysis) is 2. The molecule has 5 aliphatic heterocycles. The molecular weight excluding hydrogens is 928 g/mol. The van der Waals surface area contributed by atoms with E-state index in [-0.39, 0.29) is 71.9 Å². The largest absolute Gasteiger partial charge is 0.464 e. The van der Waals surface area contributed by atoms with Crippen LogP contribution in [0.15, 0.2) is 54.4 Å². The van der Waals surface area contributed by atoms with Gasteiger partial charge in [-0.2, -0.15) is 0 Å². The number of allylic oxidation sites excluding steroid dienone is 2. The van der Waals surface area contributed by atoms with Crippen LogP contribution in [-0.2, 0) is 19.1 Å². The molecular formula is C52H65FN10O7S. The van der Waals surface area contributed by atoms with Crippen LogP contribution >= 0.6 is 11.3 Å². The fourth-order valence-corrected chi connectivity index (χ4v) is 13.3. The number of benzene rings is 2. The molecule has 0 bridgehead atoms. The van der Waals surface area contributed by atoms with Crippen LogP contribution in [0.2, 0.25) is 0 Å². The highest BCUT2D eigenvalue weighted by atomic mass is 32.1. The number of halogens is 1. The van der Waals surface area contributed by atoms with Crippen molar-refractivity contribution in [2.24, 2.45) is 17.8 Å². The third-order valence-electron chi connectivity index (χ3n) is 15.9. The number of hydrogen-bond donors (Lipinski definition) is 6. The van der Waals surface area contributed by atoms with Gasteiger partial charge in [0.05, 0.1) is 65.3 Å². The fraction of sp³-hybridized carbons (Fsp3) is 0.558. The second-order valence-electron chi connectivity index (χ2n) is 21.0. The molecule has 71 heavy (non-hydrogen) atoms. The van der Waals surface area contributed by atoms with Crippen LogP contribution in [0.3, 0.4) is 0 Å². The summed E-state index contributed by atoms with van der Waals surface area (Å²) in [7, 11) is 2.59. The Hall–Kier alpha value is -5.60. The number of methoxy groups -OCH3 is 2. The maximum atomic E-state index is 17.1. The first-order valence-corrected chi connectivity index (χ1v) is 26.3. The summed E-state index contributed by atoms with van der Waals surface area (Å²) in [5.74, 6) is 0.183. The standard InChI is InChI=1S/C52H65FN10O7S/c1-25(2)43(59-51(66)68-5)48(64)61-15-9-12-36(61)45-54-23-34(58-45)29-17-32(53)42-38-19-30-16-28(13-14-35(30)63(38)50(70-40(42)21-29)41-24-56-47(71-41)27-10-7-8-11-27)33-22-55-46(57-33)39-20-31-18-37(31)62(39)49(65)44(26(3)4)60-52(67)69-6/h13-14,16-19,21,24-27,31,33-34,36,39,43-46,50,54-55,57-58H,7-12,15,20,22-23H2,1-6H3,(H,59,66)(H,60,67)/t31-,33?,34?,36+,39+,43+,44-,45?,46?,50?/m1/s1. The molecule has 7 aliphatic rings. The Morgan fingerprint density at radius 3 is 2.20 bits per heavy atom. The van der Waals surface area contributed by atoms with E-state index in [1.807, 2.05) is 49.8 Å². The number of ether oxygens (including phenoxy) is 3. The second-order valence-corrected chi connectivity index (χ2v) is 22.1. The molecule has 11 rings (SSSR count). The third-order valence-corrected chi connectivity index (χ3v) is 17.1. The Morgan fingerprint density at radius 1 is 0.831 bits per heavy atom. The normalized spacial score (nSPS) is 27.6. The van der Waals surface area contributed by atoms with Crippen molar-refractivity contribution in [1.29, 1.82) is 0 Å². The number of fused-ring (bicyclic) bond motifs is 6. The summed E-state index contributed by atoms with van der Waals surface area (Å²) in [6.07, 6.45) is 8.82. The number of amides is 4. The van der Waals surface area contributed by atoms with Crippen LogP contribution in [0.25, 0.3) is 22.2 Å². The fourth-order valence-electron chi connectivity index (χ4n) is 12.2. The number of aromatic nitrogens is 2. The van der Waals surface area contributed by atoms with Crippen molar-refractivity contribution in [1.82, 2.24) is 51.3 Å². The molecule has 4 amide bonds. The van der Waals surface area contributed by atoms with Crippen molar-refractivity contribution in [3.8, 4) is 17.0 Å². The summed E-state index contributed by atoms with van der Waals surface area (Å²) < 4.78 is 35.9. The molecule has 5 fully saturated rings. The van der Waals surface area contributed by atoms with E-state index < -0.39 is 30.5 Å². The van der Waals surface area contributed by atoms with Crippen LogP contribution in [0.1, 0.15) is 118 Å². The van der Waals surface area contributed by atoms with Gasteiger partial charge >= 0.3 is 12.2 Å². The molecule has 4 saturated heterocycles. The summed E-state index contributed by atoms with van der Waals surface area (Å²) in [6, 6.07) is 9.97. The number of likely N-dealkylation sites (tertiary alicyclic amines) is 2. The average molecular weight is 993 g/mol. The lowest BCUT2D eigenvalue weighted by Crippen LogP contribution is -2.57. The van der Waals surface area contributed by atoms with Gasteiger partial charge in [0.15, 0.2) is 0 Å². The van der Waals surface area contributed by atoms with Crippen molar-refractivity contribution >= 4 is 46.2 Å². The zero-order valence-electron chi connectivity index (χ0n) is 41.1. The summed E-state index contributed by atoms with van der Waals surface area (Å²) in [4.78, 5) is 62.0. The van der Waals surface area contributed by atoms with Crippen LogP contribution in [0.4, 0.5) is 14.0 Å². The minimum Gasteiger partial charge on any atom is -0.464 e. The molecule has 5 unspecified atom stereocenters. The van der Waals surface area contributed by atoms with Crippen LogP contribution < -0.4 is 36.6 Å². The lowest BCUT2D eigenvalue weighted by atomic mass is 10.0. The summed E-state index contributed by atoms with van der Waals surface area (Å²) in [6.45, 7) is 9.37. The number of carbonyl (C=O) groups is 4. The van der Waals surface area contributed by atoms with Gasteiger partial charge in [0.1, 0.15) is 23.7 Å². The Balaban J connectivity index is 0.865. The van der Waals surface area contributed by atoms with Gasteiger partial charge in [0.2, 0.25) is 18.0 Å². The lowest BCUT2D eigenvalue weighted by Gasteiger charge is -2.34. The minimum atomic E-state index is -0.725. The minimum absolute atomic E-state index is 0.0636. The molecule has 4 aromatic rings. The van der Waals surface area contributed by atoms with Gasteiger partial charge in [0, 0.05) is 60.8 Å². The number of rotatable bonds is 12. The summed E-state index contributed by atoms with van der Waals surface area (Å²) >= 11 is 1.68. The first-order chi connectivity index (χ1) is 34.3. The van der Waals surface area contributed by atoms with E-state index in [1.54, 1.807) is 17.4 Å². The van der Waals surface area contributed by atoms with E-state index >= 15 is 4.39 Å². The highest BCUT2D eigenvalue weighted by Crippen LogP contribution is 2.50. The molecule has 17 nitrogen and oxygen atoms in total. The second kappa shape index (κ2) is 19.1. The molecule has 6 N–H and O–H groups in total. The molecule has 378 valence electrons. The first-order valence-electron chi connectivity index (χ1n) is 25.4. The smallest absolute Gasteiger partial charge is 0.407 e. The average Bonchev–Trinajstić information content (AvgIpc) is 4.18. The first kappa shape index (κ1) is 47.7. The van der Waals surface area contributed by atoms with Gasteiger partial charge in [0.25, 0.3) is 0 Å². The molecule has 1 saturated carbocycles. The molecule has 10 atom stereocenters. The van der Waals surface area contributed by atoms with Crippen LogP contribution in [0, 0.1) is 23.6 Å². The molecule has 2 aromatic heterocycles. The number of thiazole rings is 1. The quantitative estimate of drug-likeness (QED) is 0.0907. The van der Waals surface area contributed by atoms with E-state index in [2.05, 4.69) is 66.8 Å². The zero-order valence-corrected chi connectivity index (χ0v) is 41.9. The van der Waals surface area contributed by atoms with E-state index in [1.165, 1.54) is 27.1 Å². The molecule has 7 heterocycles. The van der Waals surface area contributed by atoms with Gasteiger partial charge in [-0.05, 0) is 85.4 Å². The third kappa shape index (κ3) is 8.74. The van der Waals surface area contributed by atoms with Crippen molar-refractivity contribution in [3.05, 3.63) is 81.2 Å². The molecule has 0 radical (unpaired) electrons. The van der Waals surface area contributed by atoms with E-state index in [4.69, 9.17) is 19.2 Å². The topological polar surface area (TPSA) is 192 Å². The van der Waals surface area contributed by atoms with Gasteiger partial charge in [-0.15, -0.1) is 11.3 Å². The van der Waals surface area contributed by atoms with Crippen molar-refractivity contribution < 1.29 is 37.8 Å². The highest BCUT2D eigenvalue weighted by Gasteiger charge is 2.52. The highest BCUT2D eigenvalue weighted by molar-refractivity contribution is 7.11. The summed E-state index contributed by atoms with van der Waals surface area (Å²) in [5, 5.41) is 22.3. The van der Waals surface area contributed by atoms with Gasteiger partial charge in [-0.25, -0.2) is 19.0 Å². The van der Waals surface area contributed by atoms with E-state index in [0.717, 1.165) is 75.4 Å². The van der Waals surface area contributed by atoms with Gasteiger partial charge < -0.3 is 34.6 Å². The number of nitrogens with zero attached hydrogens (tertiary/aromatic N) is 4. The van der Waals surface area contributed by atoms with Crippen LogP contribution in [0.5, 0.6) is 5.75 Å².